The second-order valence-electron chi connectivity index (χ2n) is 9.04. The highest BCUT2D eigenvalue weighted by atomic mass is 32.2. The van der Waals surface area contributed by atoms with Crippen molar-refractivity contribution in [2.45, 2.75) is 90.4 Å². The first-order valence-electron chi connectivity index (χ1n) is 11.5. The lowest BCUT2D eigenvalue weighted by Crippen LogP contribution is -2.30. The number of hydrogen-bond acceptors (Lipinski definition) is 3. The van der Waals surface area contributed by atoms with Crippen LogP contribution in [0.5, 0.6) is 0 Å². The number of fused-ring (bicyclic) bond motifs is 2. The number of carbonyl (C=O) groups is 1. The molecule has 4 nitrogen and oxygen atoms in total. The monoisotopic (exact) mass is 412 g/mol. The largest absolute Gasteiger partial charge is 0.481 e. The van der Waals surface area contributed by atoms with Crippen molar-refractivity contribution in [1.29, 1.82) is 0 Å². The number of allylic oxidation sites excluding steroid dienone is 2. The van der Waals surface area contributed by atoms with E-state index >= 15 is 0 Å². The van der Waals surface area contributed by atoms with Gasteiger partial charge in [0.15, 0.2) is 9.84 Å². The average Bonchev–Trinajstić information content (AvgIpc) is 3.23. The minimum Gasteiger partial charge on any atom is -0.481 e. The van der Waals surface area contributed by atoms with Gasteiger partial charge in [-0.1, -0.05) is 51.2 Å². The Morgan fingerprint density at radius 2 is 1.64 bits per heavy atom. The summed E-state index contributed by atoms with van der Waals surface area (Å²) in [4.78, 5) is 10.6. The summed E-state index contributed by atoms with van der Waals surface area (Å²) in [6.07, 6.45) is 17.3. The molecular formula is C23H40O4S. The Morgan fingerprint density at radius 1 is 0.964 bits per heavy atom. The van der Waals surface area contributed by atoms with E-state index in [-0.39, 0.29) is 6.42 Å². The molecule has 0 aromatic heterocycles. The summed E-state index contributed by atoms with van der Waals surface area (Å²) in [6, 6.07) is 0. The number of unbranched alkanes of at least 4 members (excludes halogenated alkanes) is 6. The molecule has 2 saturated carbocycles. The lowest BCUT2D eigenvalue weighted by atomic mass is 9.78. The first kappa shape index (κ1) is 23.4. The fourth-order valence-corrected chi connectivity index (χ4v) is 7.29. The zero-order valence-corrected chi connectivity index (χ0v) is 18.5. The van der Waals surface area contributed by atoms with Crippen molar-refractivity contribution in [3.05, 3.63) is 12.2 Å². The zero-order chi connectivity index (χ0) is 20.4. The van der Waals surface area contributed by atoms with Crippen LogP contribution in [0.1, 0.15) is 90.4 Å². The smallest absolute Gasteiger partial charge is 0.303 e. The van der Waals surface area contributed by atoms with Gasteiger partial charge >= 0.3 is 5.97 Å². The van der Waals surface area contributed by atoms with Crippen LogP contribution in [0.15, 0.2) is 12.2 Å². The van der Waals surface area contributed by atoms with E-state index in [0.29, 0.717) is 41.6 Å². The Labute approximate surface area is 172 Å². The van der Waals surface area contributed by atoms with Gasteiger partial charge in [0.1, 0.15) is 0 Å². The maximum absolute atomic E-state index is 12.7. The third-order valence-corrected chi connectivity index (χ3v) is 8.67. The lowest BCUT2D eigenvalue weighted by Gasteiger charge is -2.30. The van der Waals surface area contributed by atoms with Gasteiger partial charge in [0.2, 0.25) is 0 Å². The van der Waals surface area contributed by atoms with Crippen molar-refractivity contribution in [3.63, 3.8) is 0 Å². The van der Waals surface area contributed by atoms with Crippen LogP contribution in [0.2, 0.25) is 0 Å². The van der Waals surface area contributed by atoms with E-state index < -0.39 is 15.8 Å². The third-order valence-electron chi connectivity index (χ3n) is 6.87. The average molecular weight is 413 g/mol. The number of carboxylic acids is 1. The molecule has 0 radical (unpaired) electrons. The van der Waals surface area contributed by atoms with Gasteiger partial charge in [-0.2, -0.15) is 0 Å². The van der Waals surface area contributed by atoms with Gasteiger partial charge in [0.25, 0.3) is 0 Å². The van der Waals surface area contributed by atoms with Crippen molar-refractivity contribution in [2.24, 2.45) is 23.7 Å². The Hall–Kier alpha value is -0.840. The molecule has 1 N–H and O–H groups in total. The van der Waals surface area contributed by atoms with Crippen molar-refractivity contribution in [1.82, 2.24) is 0 Å². The molecule has 0 aliphatic heterocycles. The highest BCUT2D eigenvalue weighted by Crippen LogP contribution is 2.54. The molecular weight excluding hydrogens is 372 g/mol. The van der Waals surface area contributed by atoms with E-state index in [1.165, 1.54) is 38.5 Å². The summed E-state index contributed by atoms with van der Waals surface area (Å²) in [5, 5.41) is 8.69. The highest BCUT2D eigenvalue weighted by Gasteiger charge is 2.47. The standard InChI is InChI=1S/C23H40O4S/c1-2-3-4-5-8-11-16-28(26,27)18-22-20-15-14-19(17-20)21(22)12-9-6-7-10-13-23(24)25/h6,9,19-22H,2-5,7-8,10-18H2,1H3,(H,24,25)/t19-,20+,21-,22+/m0/s1. The van der Waals surface area contributed by atoms with Crippen LogP contribution in [0.25, 0.3) is 0 Å². The SMILES string of the molecule is CCCCCCCCS(=O)(=O)C[C@@H]1[C@@H]2CC[C@@H](C2)[C@@H]1CC=CCCCC(=O)O. The maximum Gasteiger partial charge on any atom is 0.303 e. The molecule has 2 rings (SSSR count). The van der Waals surface area contributed by atoms with E-state index in [4.69, 9.17) is 5.11 Å². The van der Waals surface area contributed by atoms with Gasteiger partial charge < -0.3 is 5.11 Å². The summed E-state index contributed by atoms with van der Waals surface area (Å²) in [5.41, 5.74) is 0. The number of hydrogen-bond donors (Lipinski definition) is 1. The van der Waals surface area contributed by atoms with E-state index in [1.54, 1.807) is 0 Å². The fraction of sp³-hybridized carbons (Fsp3) is 0.870. The first-order valence-corrected chi connectivity index (χ1v) is 13.3. The molecule has 2 fully saturated rings. The fourth-order valence-electron chi connectivity index (χ4n) is 5.38. The van der Waals surface area contributed by atoms with E-state index in [2.05, 4.69) is 19.1 Å². The van der Waals surface area contributed by atoms with Gasteiger partial charge in [0, 0.05) is 6.42 Å². The minimum atomic E-state index is -2.95. The molecule has 5 heteroatoms. The number of sulfone groups is 1. The van der Waals surface area contributed by atoms with E-state index in [9.17, 15) is 13.2 Å². The number of rotatable bonds is 15. The molecule has 162 valence electrons. The van der Waals surface area contributed by atoms with Crippen molar-refractivity contribution < 1.29 is 18.3 Å². The molecule has 0 aromatic rings. The molecule has 2 aliphatic carbocycles. The topological polar surface area (TPSA) is 71.4 Å². The van der Waals surface area contributed by atoms with Crippen molar-refractivity contribution in [2.75, 3.05) is 11.5 Å². The molecule has 2 aliphatic rings. The third kappa shape index (κ3) is 7.88. The predicted molar refractivity (Wildman–Crippen MR) is 115 cm³/mol. The van der Waals surface area contributed by atoms with E-state index in [0.717, 1.165) is 32.1 Å². The molecule has 0 spiro atoms. The van der Waals surface area contributed by atoms with Crippen LogP contribution in [0.3, 0.4) is 0 Å². The summed E-state index contributed by atoms with van der Waals surface area (Å²) < 4.78 is 25.4. The van der Waals surface area contributed by atoms with Gasteiger partial charge in [-0.25, -0.2) is 8.42 Å². The molecule has 28 heavy (non-hydrogen) atoms. The zero-order valence-electron chi connectivity index (χ0n) is 17.7. The Balaban J connectivity index is 1.76. The number of carboxylic acid groups (broad SMARTS) is 1. The molecule has 0 amide bonds. The normalized spacial score (nSPS) is 27.0. The van der Waals surface area contributed by atoms with E-state index in [1.807, 2.05) is 0 Å². The lowest BCUT2D eigenvalue weighted by molar-refractivity contribution is -0.137. The summed E-state index contributed by atoms with van der Waals surface area (Å²) in [6.45, 7) is 2.20. The maximum atomic E-state index is 12.7. The summed E-state index contributed by atoms with van der Waals surface area (Å²) in [7, 11) is -2.95. The molecule has 2 bridgehead atoms. The van der Waals surface area contributed by atoms with Crippen LogP contribution in [-0.4, -0.2) is 31.0 Å². The van der Waals surface area contributed by atoms with Gasteiger partial charge in [-0.3, -0.25) is 4.79 Å². The highest BCUT2D eigenvalue weighted by molar-refractivity contribution is 7.91. The second kappa shape index (κ2) is 12.0. The van der Waals surface area contributed by atoms with Crippen LogP contribution in [0, 0.1) is 23.7 Å². The van der Waals surface area contributed by atoms with Crippen LogP contribution in [-0.2, 0) is 14.6 Å². The van der Waals surface area contributed by atoms with Gasteiger partial charge in [-0.15, -0.1) is 0 Å². The van der Waals surface area contributed by atoms with Crippen LogP contribution >= 0.6 is 0 Å². The summed E-state index contributed by atoms with van der Waals surface area (Å²) in [5.74, 6) is 2.17. The summed E-state index contributed by atoms with van der Waals surface area (Å²) >= 11 is 0. The van der Waals surface area contributed by atoms with Gasteiger partial charge in [0.05, 0.1) is 11.5 Å². The molecule has 0 aromatic carbocycles. The molecule has 4 atom stereocenters. The Bertz CT molecular complexity index is 596. The van der Waals surface area contributed by atoms with Crippen LogP contribution < -0.4 is 0 Å². The van der Waals surface area contributed by atoms with Crippen molar-refractivity contribution in [3.8, 4) is 0 Å². The first-order chi connectivity index (χ1) is 13.4. The second-order valence-corrected chi connectivity index (χ2v) is 11.3. The quantitative estimate of drug-likeness (QED) is 0.280. The molecule has 0 unspecified atom stereocenters. The molecule has 0 saturated heterocycles. The van der Waals surface area contributed by atoms with Crippen molar-refractivity contribution >= 4 is 15.8 Å². The molecule has 0 heterocycles. The minimum absolute atomic E-state index is 0.220. The van der Waals surface area contributed by atoms with Gasteiger partial charge in [-0.05, 0) is 68.6 Å². The Morgan fingerprint density at radius 3 is 2.36 bits per heavy atom. The predicted octanol–water partition coefficient (Wildman–Crippen LogP) is 5.63. The van der Waals surface area contributed by atoms with Crippen LogP contribution in [0.4, 0.5) is 0 Å². The Kier molecular flexibility index (Phi) is 10.0. The number of aliphatic carboxylic acids is 1.